The van der Waals surface area contributed by atoms with Gasteiger partial charge in [0, 0.05) is 33.6 Å². The third-order valence-corrected chi connectivity index (χ3v) is 7.61. The van der Waals surface area contributed by atoms with E-state index in [9.17, 15) is 38.8 Å². The number of halogens is 3. The zero-order chi connectivity index (χ0) is 32.7. The average molecular weight is 653 g/mol. The number of nitrogens with one attached hydrogen (secondary N) is 1. The van der Waals surface area contributed by atoms with Crippen LogP contribution in [0.5, 0.6) is 0 Å². The van der Waals surface area contributed by atoms with E-state index in [0.29, 0.717) is 33.1 Å². The number of ether oxygens (including phenoxy) is 2. The Labute approximate surface area is 263 Å². The molecule has 6 rings (SSSR count). The lowest BCUT2D eigenvalue weighted by atomic mass is 9.95. The molecule has 236 valence electrons. The molecule has 1 aromatic heterocycles. The molecule has 5 atom stereocenters. The minimum atomic E-state index is -1.93. The Morgan fingerprint density at radius 2 is 1.67 bits per heavy atom. The van der Waals surface area contributed by atoms with Crippen molar-refractivity contribution in [2.75, 3.05) is 5.32 Å². The fourth-order valence-corrected chi connectivity index (χ4v) is 5.24. The highest BCUT2D eigenvalue weighted by molar-refractivity contribution is 6.31. The lowest BCUT2D eigenvalue weighted by Crippen LogP contribution is -2.60. The number of carboxylic acid groups (broad SMARTS) is 1. The summed E-state index contributed by atoms with van der Waals surface area (Å²) in [4.78, 5) is 37.5. The van der Waals surface area contributed by atoms with Gasteiger partial charge in [0.05, 0.1) is 29.1 Å². The zero-order valence-corrected chi connectivity index (χ0v) is 24.1. The summed E-state index contributed by atoms with van der Waals surface area (Å²) in [6, 6.07) is 14.1. The molecule has 1 saturated heterocycles. The Balaban J connectivity index is 1.22. The van der Waals surface area contributed by atoms with Crippen LogP contribution in [0.15, 0.2) is 71.9 Å². The van der Waals surface area contributed by atoms with E-state index in [1.165, 1.54) is 36.5 Å². The molecule has 3 aromatic carbocycles. The number of rotatable bonds is 6. The van der Waals surface area contributed by atoms with Gasteiger partial charge in [0.1, 0.15) is 29.9 Å². The lowest BCUT2D eigenvalue weighted by molar-refractivity contribution is -0.278. The summed E-state index contributed by atoms with van der Waals surface area (Å²) in [5.74, 6) is -4.02. The predicted octanol–water partition coefficient (Wildman–Crippen LogP) is 3.22. The second kappa shape index (κ2) is 12.5. The Morgan fingerprint density at radius 3 is 2.37 bits per heavy atom. The first-order valence-electron chi connectivity index (χ1n) is 13.7. The summed E-state index contributed by atoms with van der Waals surface area (Å²) >= 11 is 6.27. The van der Waals surface area contributed by atoms with Crippen molar-refractivity contribution in [2.24, 2.45) is 4.99 Å². The Morgan fingerprint density at radius 1 is 0.957 bits per heavy atom. The maximum absolute atomic E-state index is 14.8. The third kappa shape index (κ3) is 5.91. The van der Waals surface area contributed by atoms with Crippen LogP contribution in [0.25, 0.3) is 11.3 Å². The molecule has 2 aliphatic rings. The fourth-order valence-electron chi connectivity index (χ4n) is 5.06. The van der Waals surface area contributed by atoms with Crippen molar-refractivity contribution in [1.82, 2.24) is 9.97 Å². The molecule has 0 radical (unpaired) electrons. The molecule has 0 amide bonds. The molecule has 0 bridgehead atoms. The molecule has 5 N–H and O–H groups in total. The van der Waals surface area contributed by atoms with E-state index in [0.717, 1.165) is 12.1 Å². The quantitative estimate of drug-likeness (QED) is 0.193. The standard InChI is InChI=1S/C31H23ClF2N4O8/c32-15-6-9-17-18(10-15)23(21-19(33)2-1-3-20(21)34)35-11-14-12-36-31(38-22(14)17)37-16-7-4-13(5-8-16)29(44)46-30-26(41)24(39)25(40)27(45-30)28(42)43/h1-10,12,24-27,30,39-41H,11H2,(H,42,43)(H,36,37,38)/t24-,25+,26-,27+,30-/m1/s1. The number of esters is 1. The van der Waals surface area contributed by atoms with Crippen LogP contribution >= 0.6 is 11.6 Å². The number of aliphatic hydroxyl groups excluding tert-OH is 3. The number of carbonyl (C=O) groups is 2. The molecule has 12 nitrogen and oxygen atoms in total. The van der Waals surface area contributed by atoms with Crippen molar-refractivity contribution in [3.8, 4) is 11.3 Å². The van der Waals surface area contributed by atoms with Gasteiger partial charge in [0.2, 0.25) is 12.2 Å². The van der Waals surface area contributed by atoms with Gasteiger partial charge >= 0.3 is 11.9 Å². The summed E-state index contributed by atoms with van der Waals surface area (Å²) in [5, 5.41) is 42.4. The van der Waals surface area contributed by atoms with Crippen molar-refractivity contribution in [3.05, 3.63) is 106 Å². The number of aliphatic imine (C=N–C) groups is 1. The maximum atomic E-state index is 14.8. The number of nitrogens with zero attached hydrogens (tertiary/aromatic N) is 3. The van der Waals surface area contributed by atoms with E-state index in [1.807, 2.05) is 0 Å². The number of carboxylic acids is 1. The normalized spacial score (nSPS) is 22.1. The van der Waals surface area contributed by atoms with Crippen molar-refractivity contribution in [3.63, 3.8) is 0 Å². The second-order valence-electron chi connectivity index (χ2n) is 10.4. The molecule has 4 aromatic rings. The van der Waals surface area contributed by atoms with E-state index in [1.54, 1.807) is 18.2 Å². The second-order valence-corrected chi connectivity index (χ2v) is 10.8. The summed E-state index contributed by atoms with van der Waals surface area (Å²) in [6.07, 6.45) is -8.00. The van der Waals surface area contributed by atoms with Crippen LogP contribution in [0, 0.1) is 11.6 Å². The molecule has 3 heterocycles. The van der Waals surface area contributed by atoms with Gasteiger partial charge < -0.3 is 35.2 Å². The summed E-state index contributed by atoms with van der Waals surface area (Å²) in [7, 11) is 0. The number of fused-ring (bicyclic) bond motifs is 3. The number of carbonyl (C=O) groups excluding carboxylic acids is 1. The number of anilines is 2. The summed E-state index contributed by atoms with van der Waals surface area (Å²) in [6.45, 7) is 0.0322. The predicted molar refractivity (Wildman–Crippen MR) is 158 cm³/mol. The van der Waals surface area contributed by atoms with Crippen molar-refractivity contribution < 1.29 is 48.3 Å². The Bertz CT molecular complexity index is 1860. The van der Waals surface area contributed by atoms with Crippen molar-refractivity contribution >= 4 is 40.9 Å². The lowest BCUT2D eigenvalue weighted by Gasteiger charge is -2.37. The first kappa shape index (κ1) is 31.1. The SMILES string of the molecule is O=C(O[C@H]1O[C@H](C(=O)O)[C@@H](O)[C@@H](O)[C@H]1O)c1ccc(Nc2ncc3c(n2)-c2ccc(Cl)cc2C(c2c(F)cccc2F)=NC3)cc1. The minimum absolute atomic E-state index is 0.00690. The van der Waals surface area contributed by atoms with Crippen LogP contribution in [0.4, 0.5) is 20.4 Å². The van der Waals surface area contributed by atoms with Crippen molar-refractivity contribution in [2.45, 2.75) is 37.3 Å². The minimum Gasteiger partial charge on any atom is -0.479 e. The van der Waals surface area contributed by atoms with Gasteiger partial charge in [-0.15, -0.1) is 0 Å². The third-order valence-electron chi connectivity index (χ3n) is 7.38. The maximum Gasteiger partial charge on any atom is 0.340 e. The number of aliphatic carboxylic acids is 1. The van der Waals surface area contributed by atoms with E-state index < -0.39 is 54.3 Å². The van der Waals surface area contributed by atoms with Gasteiger partial charge in [-0.25, -0.2) is 28.3 Å². The smallest absolute Gasteiger partial charge is 0.340 e. The number of aliphatic hydroxyl groups is 3. The number of benzene rings is 3. The monoisotopic (exact) mass is 652 g/mol. The summed E-state index contributed by atoms with van der Waals surface area (Å²) in [5.41, 5.74) is 2.19. The van der Waals surface area contributed by atoms with Gasteiger partial charge in [0.25, 0.3) is 0 Å². The van der Waals surface area contributed by atoms with E-state index >= 15 is 0 Å². The summed E-state index contributed by atoms with van der Waals surface area (Å²) < 4.78 is 39.7. The average Bonchev–Trinajstić information content (AvgIpc) is 3.18. The van der Waals surface area contributed by atoms with Crippen LogP contribution in [0.2, 0.25) is 5.02 Å². The molecule has 2 aliphatic heterocycles. The zero-order valence-electron chi connectivity index (χ0n) is 23.3. The van der Waals surface area contributed by atoms with Crippen LogP contribution in [-0.2, 0) is 20.8 Å². The first-order valence-corrected chi connectivity index (χ1v) is 14.0. The van der Waals surface area contributed by atoms with Crippen molar-refractivity contribution in [1.29, 1.82) is 0 Å². The van der Waals surface area contributed by atoms with Gasteiger partial charge in [-0.1, -0.05) is 23.7 Å². The molecule has 0 aliphatic carbocycles. The topological polar surface area (TPSA) is 184 Å². The number of hydrogen-bond acceptors (Lipinski definition) is 11. The largest absolute Gasteiger partial charge is 0.479 e. The van der Waals surface area contributed by atoms with Gasteiger partial charge in [-0.2, -0.15) is 0 Å². The van der Waals surface area contributed by atoms with E-state index in [-0.39, 0.29) is 29.3 Å². The van der Waals surface area contributed by atoms with Crippen LogP contribution in [-0.4, -0.2) is 78.8 Å². The molecular formula is C31H23ClF2N4O8. The number of hydrogen-bond donors (Lipinski definition) is 5. The number of aromatic nitrogens is 2. The Hall–Kier alpha value is -4.86. The van der Waals surface area contributed by atoms with Gasteiger partial charge in [-0.05, 0) is 48.5 Å². The van der Waals surface area contributed by atoms with Crippen LogP contribution < -0.4 is 5.32 Å². The Kier molecular flexibility index (Phi) is 8.46. The molecule has 1 fully saturated rings. The van der Waals surface area contributed by atoms with Crippen LogP contribution in [0.3, 0.4) is 0 Å². The van der Waals surface area contributed by atoms with Gasteiger partial charge in [-0.3, -0.25) is 4.99 Å². The highest BCUT2D eigenvalue weighted by atomic mass is 35.5. The van der Waals surface area contributed by atoms with Crippen LogP contribution in [0.1, 0.15) is 27.0 Å². The molecule has 46 heavy (non-hydrogen) atoms. The fraction of sp³-hybridized carbons (Fsp3) is 0.194. The molecule has 0 saturated carbocycles. The molecular weight excluding hydrogens is 630 g/mol. The molecule has 0 unspecified atom stereocenters. The first-order chi connectivity index (χ1) is 22.0. The highest BCUT2D eigenvalue weighted by Gasteiger charge is 2.48. The van der Waals surface area contributed by atoms with Gasteiger partial charge in [0.15, 0.2) is 6.10 Å². The highest BCUT2D eigenvalue weighted by Crippen LogP contribution is 2.35. The molecule has 0 spiro atoms. The van der Waals surface area contributed by atoms with E-state index in [4.69, 9.17) is 21.1 Å². The molecule has 15 heteroatoms. The van der Waals surface area contributed by atoms with E-state index in [2.05, 4.69) is 20.3 Å².